The number of carboxylic acids is 1. The monoisotopic (exact) mass is 243 g/mol. The van der Waals surface area contributed by atoms with Crippen LogP contribution in [0.3, 0.4) is 0 Å². The van der Waals surface area contributed by atoms with E-state index in [2.05, 4.69) is 0 Å². The van der Waals surface area contributed by atoms with Gasteiger partial charge >= 0.3 is 6.09 Å². The van der Waals surface area contributed by atoms with E-state index in [9.17, 15) is 14.7 Å². The zero-order chi connectivity index (χ0) is 13.3. The number of hydrogen-bond donors (Lipinski definition) is 1. The van der Waals surface area contributed by atoms with Gasteiger partial charge in [-0.3, -0.25) is 0 Å². The van der Waals surface area contributed by atoms with Crippen molar-refractivity contribution in [2.75, 3.05) is 13.1 Å². The Morgan fingerprint density at radius 3 is 2.47 bits per heavy atom. The molecule has 0 bridgehead atoms. The van der Waals surface area contributed by atoms with Gasteiger partial charge in [0.15, 0.2) is 0 Å². The summed E-state index contributed by atoms with van der Waals surface area (Å²) in [6.07, 6.45) is 0.312. The molecule has 1 aliphatic heterocycles. The first kappa shape index (κ1) is 13.8. The van der Waals surface area contributed by atoms with Gasteiger partial charge < -0.3 is 25.3 Å². The number of amides is 1. The van der Waals surface area contributed by atoms with Crippen LogP contribution in [0.15, 0.2) is 0 Å². The molecule has 1 unspecified atom stereocenters. The van der Waals surface area contributed by atoms with Gasteiger partial charge in [-0.2, -0.15) is 0 Å². The number of nitrogens with zero attached hydrogens (tertiary/aromatic N) is 1. The molecule has 1 amide bonds. The first-order chi connectivity index (χ1) is 7.64. The van der Waals surface area contributed by atoms with E-state index in [1.807, 2.05) is 0 Å². The van der Waals surface area contributed by atoms with Crippen LogP contribution in [0.4, 0.5) is 4.79 Å². The van der Waals surface area contributed by atoms with Crippen molar-refractivity contribution in [3.63, 3.8) is 0 Å². The summed E-state index contributed by atoms with van der Waals surface area (Å²) in [6, 6.07) is 0. The molecule has 0 spiro atoms. The highest BCUT2D eigenvalue weighted by atomic mass is 16.6. The lowest BCUT2D eigenvalue weighted by Gasteiger charge is -2.40. The van der Waals surface area contributed by atoms with E-state index >= 15 is 0 Å². The Morgan fingerprint density at radius 1 is 1.41 bits per heavy atom. The molecule has 98 valence electrons. The summed E-state index contributed by atoms with van der Waals surface area (Å²) in [5, 5.41) is 10.9. The van der Waals surface area contributed by atoms with Crippen LogP contribution >= 0.6 is 0 Å². The smallest absolute Gasteiger partial charge is 0.410 e. The fraction of sp³-hybridized carbons (Fsp3) is 0.818. The van der Waals surface area contributed by atoms with E-state index in [-0.39, 0.29) is 6.54 Å². The molecule has 1 fully saturated rings. The topological polar surface area (TPSA) is 95.7 Å². The maximum Gasteiger partial charge on any atom is 0.410 e. The predicted molar refractivity (Wildman–Crippen MR) is 59.0 cm³/mol. The van der Waals surface area contributed by atoms with Crippen molar-refractivity contribution in [1.29, 1.82) is 0 Å². The molecule has 0 aromatic heterocycles. The largest absolute Gasteiger partial charge is 0.548 e. The van der Waals surface area contributed by atoms with Crippen molar-refractivity contribution in [1.82, 2.24) is 4.90 Å². The number of hydrogen-bond acceptors (Lipinski definition) is 5. The molecule has 1 aliphatic rings. The van der Waals surface area contributed by atoms with Gasteiger partial charge in [0.2, 0.25) is 0 Å². The Morgan fingerprint density at radius 2 is 2.00 bits per heavy atom. The number of carbonyl (C=O) groups excluding carboxylic acids is 2. The second kappa shape index (κ2) is 4.52. The van der Waals surface area contributed by atoms with Crippen molar-refractivity contribution >= 4 is 12.1 Å². The second-order valence-corrected chi connectivity index (χ2v) is 5.45. The standard InChI is InChI=1S/C11H20N2O4/c1-10(2,3)17-9(16)13-6-4-5-11(12,7-13)8(14)15/h4-7,12H2,1-3H3,(H,14,15)/p-1. The highest BCUT2D eigenvalue weighted by molar-refractivity contribution is 5.78. The Balaban J connectivity index is 2.67. The summed E-state index contributed by atoms with van der Waals surface area (Å²) < 4.78 is 5.17. The number of ether oxygens (including phenoxy) is 1. The van der Waals surface area contributed by atoms with Gasteiger partial charge in [-0.1, -0.05) is 0 Å². The molecule has 0 saturated carbocycles. The van der Waals surface area contributed by atoms with E-state index in [1.165, 1.54) is 4.90 Å². The number of likely N-dealkylation sites (tertiary alicyclic amines) is 1. The lowest BCUT2D eigenvalue weighted by atomic mass is 9.90. The van der Waals surface area contributed by atoms with Crippen molar-refractivity contribution < 1.29 is 19.4 Å². The molecule has 1 rings (SSSR count). The summed E-state index contributed by atoms with van der Waals surface area (Å²) in [7, 11) is 0. The Hall–Kier alpha value is -1.30. The summed E-state index contributed by atoms with van der Waals surface area (Å²) in [5.74, 6) is -1.33. The van der Waals surface area contributed by atoms with Gasteiger partial charge in [0, 0.05) is 13.1 Å². The zero-order valence-corrected chi connectivity index (χ0v) is 10.5. The highest BCUT2D eigenvalue weighted by Crippen LogP contribution is 2.20. The number of rotatable bonds is 1. The van der Waals surface area contributed by atoms with Gasteiger partial charge in [0.05, 0.1) is 11.5 Å². The van der Waals surface area contributed by atoms with Crippen molar-refractivity contribution in [3.8, 4) is 0 Å². The number of aliphatic carboxylic acids is 1. The molecule has 0 aromatic rings. The van der Waals surface area contributed by atoms with E-state index in [0.29, 0.717) is 19.4 Å². The van der Waals surface area contributed by atoms with Crippen LogP contribution in [0.5, 0.6) is 0 Å². The molecular weight excluding hydrogens is 224 g/mol. The first-order valence-corrected chi connectivity index (χ1v) is 5.62. The normalized spacial score (nSPS) is 25.5. The molecule has 2 N–H and O–H groups in total. The summed E-state index contributed by atoms with van der Waals surface area (Å²) in [6.45, 7) is 5.65. The van der Waals surface area contributed by atoms with Crippen LogP contribution in [-0.2, 0) is 9.53 Å². The number of carbonyl (C=O) groups is 2. The molecule has 1 saturated heterocycles. The minimum Gasteiger partial charge on any atom is -0.548 e. The predicted octanol–water partition coefficient (Wildman–Crippen LogP) is -0.535. The minimum atomic E-state index is -1.46. The summed E-state index contributed by atoms with van der Waals surface area (Å²) >= 11 is 0. The molecule has 6 nitrogen and oxygen atoms in total. The fourth-order valence-electron chi connectivity index (χ4n) is 1.73. The van der Waals surface area contributed by atoms with Crippen molar-refractivity contribution in [3.05, 3.63) is 0 Å². The van der Waals surface area contributed by atoms with Crippen LogP contribution in [0.1, 0.15) is 33.6 Å². The van der Waals surface area contributed by atoms with E-state index < -0.39 is 23.2 Å². The Labute approximate surface area is 101 Å². The SMILES string of the molecule is CC(C)(C)OC(=O)N1CCCC(N)(C(=O)[O-])C1. The third-order valence-electron chi connectivity index (χ3n) is 2.58. The van der Waals surface area contributed by atoms with E-state index in [4.69, 9.17) is 10.5 Å². The van der Waals surface area contributed by atoms with Crippen molar-refractivity contribution in [2.24, 2.45) is 5.73 Å². The number of piperidine rings is 1. The quantitative estimate of drug-likeness (QED) is 0.667. The van der Waals surface area contributed by atoms with Crippen molar-refractivity contribution in [2.45, 2.75) is 44.8 Å². The van der Waals surface area contributed by atoms with Crippen LogP contribution in [0.2, 0.25) is 0 Å². The molecule has 17 heavy (non-hydrogen) atoms. The van der Waals surface area contributed by atoms with E-state index in [1.54, 1.807) is 20.8 Å². The molecular formula is C11H19N2O4-. The van der Waals surface area contributed by atoms with Gasteiger partial charge in [-0.15, -0.1) is 0 Å². The molecule has 0 radical (unpaired) electrons. The van der Waals surface area contributed by atoms with Crippen LogP contribution < -0.4 is 10.8 Å². The zero-order valence-electron chi connectivity index (χ0n) is 10.5. The Kier molecular flexibility index (Phi) is 3.66. The maximum absolute atomic E-state index is 11.8. The summed E-state index contributed by atoms with van der Waals surface area (Å²) in [5.41, 5.74) is 3.62. The lowest BCUT2D eigenvalue weighted by molar-refractivity contribution is -0.314. The number of nitrogens with two attached hydrogens (primary N) is 1. The molecule has 6 heteroatoms. The molecule has 0 aliphatic carbocycles. The highest BCUT2D eigenvalue weighted by Gasteiger charge is 2.36. The van der Waals surface area contributed by atoms with Gasteiger partial charge in [-0.25, -0.2) is 4.79 Å². The summed E-state index contributed by atoms with van der Waals surface area (Å²) in [4.78, 5) is 24.0. The van der Waals surface area contributed by atoms with E-state index in [0.717, 1.165) is 0 Å². The van der Waals surface area contributed by atoms with Gasteiger partial charge in [-0.05, 0) is 33.6 Å². The average molecular weight is 243 g/mol. The molecule has 0 aromatic carbocycles. The van der Waals surface area contributed by atoms with Gasteiger partial charge in [0.1, 0.15) is 5.60 Å². The minimum absolute atomic E-state index is 0.0652. The first-order valence-electron chi connectivity index (χ1n) is 5.62. The molecule has 1 heterocycles. The second-order valence-electron chi connectivity index (χ2n) is 5.45. The van der Waals surface area contributed by atoms with Crippen LogP contribution in [0, 0.1) is 0 Å². The van der Waals surface area contributed by atoms with Crippen LogP contribution in [-0.4, -0.2) is 41.2 Å². The average Bonchev–Trinajstić information content (AvgIpc) is 2.15. The molecule has 1 atom stereocenters. The maximum atomic E-state index is 11.8. The van der Waals surface area contributed by atoms with Crippen LogP contribution in [0.25, 0.3) is 0 Å². The third-order valence-corrected chi connectivity index (χ3v) is 2.58. The van der Waals surface area contributed by atoms with Gasteiger partial charge in [0.25, 0.3) is 0 Å². The lowest BCUT2D eigenvalue weighted by Crippen LogP contribution is -2.64. The third kappa shape index (κ3) is 3.59. The Bertz CT molecular complexity index is 324. The number of carboxylic acid groups (broad SMARTS) is 1. The fourth-order valence-corrected chi connectivity index (χ4v) is 1.73.